The van der Waals surface area contributed by atoms with Crippen molar-refractivity contribution in [1.29, 1.82) is 0 Å². The number of nitrogens with zero attached hydrogens (tertiary/aromatic N) is 2. The van der Waals surface area contributed by atoms with Crippen LogP contribution in [0.4, 0.5) is 4.39 Å². The molecule has 0 unspecified atom stereocenters. The lowest BCUT2D eigenvalue weighted by Gasteiger charge is -2.32. The fourth-order valence-electron chi connectivity index (χ4n) is 4.67. The van der Waals surface area contributed by atoms with Crippen LogP contribution in [0.2, 0.25) is 5.02 Å². The largest absolute Gasteiger partial charge is 0.484 e. The van der Waals surface area contributed by atoms with Crippen LogP contribution in [0.3, 0.4) is 0 Å². The van der Waals surface area contributed by atoms with Crippen molar-refractivity contribution in [3.63, 3.8) is 0 Å². The van der Waals surface area contributed by atoms with Gasteiger partial charge < -0.3 is 30.5 Å². The Bertz CT molecular complexity index is 1340. The van der Waals surface area contributed by atoms with E-state index < -0.39 is 60.1 Å². The maximum Gasteiger partial charge on any atom is 0.261 e. The van der Waals surface area contributed by atoms with E-state index >= 15 is 0 Å². The molecule has 0 radical (unpaired) electrons. The summed E-state index contributed by atoms with van der Waals surface area (Å²) in [4.78, 5) is 68.6. The van der Waals surface area contributed by atoms with Gasteiger partial charge in [0.1, 0.15) is 29.7 Å². The first kappa shape index (κ1) is 34.3. The molecule has 1 aliphatic heterocycles. The molecule has 2 aromatic carbocycles. The third-order valence-corrected chi connectivity index (χ3v) is 7.51. The van der Waals surface area contributed by atoms with Crippen molar-refractivity contribution in [3.8, 4) is 5.75 Å². The predicted octanol–water partition coefficient (Wildman–Crippen LogP) is 1.92. The summed E-state index contributed by atoms with van der Waals surface area (Å²) in [6.45, 7) is 4.46. The molecule has 3 N–H and O–H groups in total. The molecule has 0 bridgehead atoms. The number of rotatable bonds is 6. The number of halogens is 2. The minimum Gasteiger partial charge on any atom is -0.484 e. The summed E-state index contributed by atoms with van der Waals surface area (Å²) in [6, 6.07) is 9.98. The average Bonchev–Trinajstić information content (AvgIpc) is 2.98. The quantitative estimate of drug-likeness (QED) is 0.446. The molecule has 0 saturated carbocycles. The van der Waals surface area contributed by atoms with Gasteiger partial charge in [-0.05, 0) is 37.0 Å². The molecule has 44 heavy (non-hydrogen) atoms. The van der Waals surface area contributed by atoms with Gasteiger partial charge in [-0.15, -0.1) is 0 Å². The van der Waals surface area contributed by atoms with Crippen LogP contribution in [0.1, 0.15) is 32.8 Å². The summed E-state index contributed by atoms with van der Waals surface area (Å²) in [5.74, 6) is -3.37. The molecule has 2 aromatic rings. The number of amides is 5. The Kier molecular flexibility index (Phi) is 12.5. The summed E-state index contributed by atoms with van der Waals surface area (Å²) in [6.07, 6.45) is 0.506. The zero-order valence-corrected chi connectivity index (χ0v) is 26.0. The van der Waals surface area contributed by atoms with Crippen LogP contribution in [0.15, 0.2) is 48.5 Å². The molecular formula is C31H39ClFN5O6. The van der Waals surface area contributed by atoms with Crippen molar-refractivity contribution in [3.05, 3.63) is 64.9 Å². The van der Waals surface area contributed by atoms with Gasteiger partial charge in [-0.1, -0.05) is 55.8 Å². The average molecular weight is 632 g/mol. The predicted molar refractivity (Wildman–Crippen MR) is 162 cm³/mol. The van der Waals surface area contributed by atoms with Gasteiger partial charge in [0, 0.05) is 32.6 Å². The minimum atomic E-state index is -1.01. The molecule has 11 nitrogen and oxygen atoms in total. The molecule has 0 aromatic heterocycles. The van der Waals surface area contributed by atoms with Crippen molar-refractivity contribution in [2.45, 2.75) is 51.7 Å². The SMILES string of the molecule is CC(C)[C@@H]1NC(=O)[C@@H](C)N(C(=O)COc2ccc(F)c(Cl)c2)CCCNC(=O)[C@H](Cc2ccccc2)NC(=O)CN(C)C1=O. The maximum absolute atomic E-state index is 13.5. The molecule has 3 rings (SSSR count). The lowest BCUT2D eigenvalue weighted by atomic mass is 10.0. The summed E-state index contributed by atoms with van der Waals surface area (Å²) < 4.78 is 19.1. The number of ether oxygens (including phenoxy) is 1. The Morgan fingerprint density at radius 3 is 2.43 bits per heavy atom. The number of hydrogen-bond acceptors (Lipinski definition) is 6. The Hall–Kier alpha value is -4.19. The smallest absolute Gasteiger partial charge is 0.261 e. The highest BCUT2D eigenvalue weighted by Crippen LogP contribution is 2.21. The maximum atomic E-state index is 13.5. The van der Waals surface area contributed by atoms with Crippen LogP contribution in [-0.4, -0.2) is 90.8 Å². The van der Waals surface area contributed by atoms with Gasteiger partial charge in [0.25, 0.3) is 5.91 Å². The van der Waals surface area contributed by atoms with Crippen LogP contribution >= 0.6 is 11.6 Å². The van der Waals surface area contributed by atoms with Gasteiger partial charge in [-0.25, -0.2) is 4.39 Å². The van der Waals surface area contributed by atoms with E-state index in [1.165, 1.54) is 35.9 Å². The lowest BCUT2D eigenvalue weighted by Crippen LogP contribution is -2.58. The summed E-state index contributed by atoms with van der Waals surface area (Å²) in [5.41, 5.74) is 0.836. The first-order valence-corrected chi connectivity index (χ1v) is 14.8. The number of benzene rings is 2. The van der Waals surface area contributed by atoms with E-state index in [0.717, 1.165) is 11.6 Å². The monoisotopic (exact) mass is 631 g/mol. The molecule has 1 saturated heterocycles. The van der Waals surface area contributed by atoms with Crippen molar-refractivity contribution < 1.29 is 33.1 Å². The molecule has 3 atom stereocenters. The fourth-order valence-corrected chi connectivity index (χ4v) is 4.84. The normalized spacial score (nSPS) is 21.0. The van der Waals surface area contributed by atoms with Crippen molar-refractivity contribution in [2.24, 2.45) is 5.92 Å². The highest BCUT2D eigenvalue weighted by atomic mass is 35.5. The van der Waals surface area contributed by atoms with Crippen LogP contribution in [0.5, 0.6) is 5.75 Å². The highest BCUT2D eigenvalue weighted by Gasteiger charge is 2.33. The molecule has 238 valence electrons. The third-order valence-electron chi connectivity index (χ3n) is 7.22. The number of carbonyl (C=O) groups is 5. The third kappa shape index (κ3) is 9.66. The van der Waals surface area contributed by atoms with Gasteiger partial charge in [-0.2, -0.15) is 0 Å². The van der Waals surface area contributed by atoms with Gasteiger partial charge in [0.2, 0.25) is 23.6 Å². The summed E-state index contributed by atoms with van der Waals surface area (Å²) in [5, 5.41) is 8.10. The fraction of sp³-hybridized carbons (Fsp3) is 0.452. The molecule has 0 aliphatic carbocycles. The van der Waals surface area contributed by atoms with Gasteiger partial charge in [0.05, 0.1) is 11.6 Å². The summed E-state index contributed by atoms with van der Waals surface area (Å²) >= 11 is 5.81. The number of hydrogen-bond donors (Lipinski definition) is 3. The van der Waals surface area contributed by atoms with Gasteiger partial charge in [0.15, 0.2) is 6.61 Å². The second-order valence-electron chi connectivity index (χ2n) is 11.0. The van der Waals surface area contributed by atoms with Crippen molar-refractivity contribution in [1.82, 2.24) is 25.8 Å². The second kappa shape index (κ2) is 16.0. The molecule has 1 aliphatic rings. The Morgan fingerprint density at radius 1 is 1.07 bits per heavy atom. The first-order chi connectivity index (χ1) is 20.9. The van der Waals surface area contributed by atoms with E-state index in [9.17, 15) is 28.4 Å². The summed E-state index contributed by atoms with van der Waals surface area (Å²) in [7, 11) is 1.44. The lowest BCUT2D eigenvalue weighted by molar-refractivity contribution is -0.144. The second-order valence-corrected chi connectivity index (χ2v) is 11.4. The van der Waals surface area contributed by atoms with E-state index in [4.69, 9.17) is 16.3 Å². The first-order valence-electron chi connectivity index (χ1n) is 14.4. The Balaban J connectivity index is 1.84. The molecule has 13 heteroatoms. The van der Waals surface area contributed by atoms with Crippen LogP contribution in [0.25, 0.3) is 0 Å². The van der Waals surface area contributed by atoms with E-state index in [0.29, 0.717) is 0 Å². The van der Waals surface area contributed by atoms with E-state index in [1.807, 2.05) is 30.3 Å². The Labute approximate surface area is 261 Å². The van der Waals surface area contributed by atoms with Crippen LogP contribution in [0, 0.1) is 11.7 Å². The standard InChI is InChI=1S/C31H39ClFN5O6/c1-19(2)28-31(43)37(4)17-26(39)35-25(15-21-9-6-5-7-10-21)30(42)34-13-8-14-38(20(3)29(41)36-28)27(40)18-44-22-11-12-24(33)23(32)16-22/h5-7,9-12,16,19-20,25,28H,8,13-15,17-18H2,1-4H3,(H,34,42)(H,35,39)(H,36,41)/t20-,25+,28+/m1/s1. The van der Waals surface area contributed by atoms with Gasteiger partial charge in [-0.3, -0.25) is 24.0 Å². The van der Waals surface area contributed by atoms with E-state index in [2.05, 4.69) is 16.0 Å². The number of carbonyl (C=O) groups excluding carboxylic acids is 5. The molecule has 1 heterocycles. The minimum absolute atomic E-state index is 0.0666. The van der Waals surface area contributed by atoms with Gasteiger partial charge >= 0.3 is 0 Å². The highest BCUT2D eigenvalue weighted by molar-refractivity contribution is 6.30. The van der Waals surface area contributed by atoms with E-state index in [1.54, 1.807) is 13.8 Å². The molecule has 5 amide bonds. The van der Waals surface area contributed by atoms with Crippen molar-refractivity contribution >= 4 is 41.1 Å². The zero-order valence-electron chi connectivity index (χ0n) is 25.3. The van der Waals surface area contributed by atoms with Crippen LogP contribution < -0.4 is 20.7 Å². The number of nitrogens with one attached hydrogen (secondary N) is 3. The molecular weight excluding hydrogens is 593 g/mol. The topological polar surface area (TPSA) is 137 Å². The number of likely N-dealkylation sites (N-methyl/N-ethyl adjacent to an activating group) is 1. The van der Waals surface area contributed by atoms with Crippen molar-refractivity contribution in [2.75, 3.05) is 33.3 Å². The van der Waals surface area contributed by atoms with Crippen LogP contribution in [-0.2, 0) is 30.4 Å². The Morgan fingerprint density at radius 2 is 1.77 bits per heavy atom. The zero-order chi connectivity index (χ0) is 32.4. The van der Waals surface area contributed by atoms with E-state index in [-0.39, 0.29) is 49.2 Å². The molecule has 0 spiro atoms. The molecule has 1 fully saturated rings.